The predicted octanol–water partition coefficient (Wildman–Crippen LogP) is 2.65. The Morgan fingerprint density at radius 3 is 2.95 bits per heavy atom. The highest BCUT2D eigenvalue weighted by molar-refractivity contribution is 7.09. The van der Waals surface area contributed by atoms with Crippen LogP contribution in [-0.2, 0) is 6.54 Å². The maximum atomic E-state index is 11.9. The molecule has 6 nitrogen and oxygen atoms in total. The molecule has 0 spiro atoms. The van der Waals surface area contributed by atoms with Crippen molar-refractivity contribution in [3.05, 3.63) is 39.8 Å². The van der Waals surface area contributed by atoms with Crippen molar-refractivity contribution in [1.82, 2.24) is 10.3 Å². The molecular weight excluding hydrogens is 288 g/mol. The summed E-state index contributed by atoms with van der Waals surface area (Å²) in [6.45, 7) is 2.25. The highest BCUT2D eigenvalue weighted by Crippen LogP contribution is 2.25. The van der Waals surface area contributed by atoms with Gasteiger partial charge in [-0.05, 0) is 25.1 Å². The first-order chi connectivity index (χ1) is 10.1. The highest BCUT2D eigenvalue weighted by Gasteiger charge is 2.09. The molecule has 7 heteroatoms. The molecule has 0 aliphatic rings. The third-order valence-electron chi connectivity index (χ3n) is 2.64. The third kappa shape index (κ3) is 3.94. The van der Waals surface area contributed by atoms with E-state index in [0.717, 1.165) is 10.7 Å². The molecule has 2 aromatic rings. The lowest BCUT2D eigenvalue weighted by Crippen LogP contribution is -2.28. The van der Waals surface area contributed by atoms with E-state index in [-0.39, 0.29) is 6.03 Å². The number of anilines is 1. The van der Waals surface area contributed by atoms with Gasteiger partial charge in [-0.3, -0.25) is 0 Å². The summed E-state index contributed by atoms with van der Waals surface area (Å²) < 4.78 is 5.15. The second kappa shape index (κ2) is 6.72. The largest absolute Gasteiger partial charge is 0.495 e. The molecule has 0 aliphatic heterocycles. The van der Waals surface area contributed by atoms with Gasteiger partial charge in [0.1, 0.15) is 10.8 Å². The fourth-order valence-corrected chi connectivity index (χ4v) is 2.39. The molecule has 1 heterocycles. The van der Waals surface area contributed by atoms with E-state index in [1.807, 2.05) is 18.4 Å². The average molecular weight is 302 g/mol. The molecule has 2 N–H and O–H groups in total. The second-order valence-corrected chi connectivity index (χ2v) is 5.16. The Hall–Kier alpha value is -2.59. The molecule has 0 bridgehead atoms. The molecule has 2 rings (SSSR count). The van der Waals surface area contributed by atoms with Crippen LogP contribution in [0, 0.1) is 18.3 Å². The predicted molar refractivity (Wildman–Crippen MR) is 80.4 cm³/mol. The van der Waals surface area contributed by atoms with E-state index in [4.69, 9.17) is 10.00 Å². The lowest BCUT2D eigenvalue weighted by molar-refractivity contribution is 0.251. The smallest absolute Gasteiger partial charge is 0.319 e. The van der Waals surface area contributed by atoms with Gasteiger partial charge in [-0.2, -0.15) is 5.26 Å². The van der Waals surface area contributed by atoms with Crippen LogP contribution >= 0.6 is 11.3 Å². The van der Waals surface area contributed by atoms with Gasteiger partial charge in [0.25, 0.3) is 0 Å². The monoisotopic (exact) mass is 302 g/mol. The molecule has 0 fully saturated rings. The number of nitrogens with one attached hydrogen (secondary N) is 2. The molecule has 0 atom stereocenters. The number of benzene rings is 1. The van der Waals surface area contributed by atoms with Gasteiger partial charge < -0.3 is 15.4 Å². The number of methoxy groups -OCH3 is 1. The van der Waals surface area contributed by atoms with Gasteiger partial charge in [0.05, 0.1) is 31.0 Å². The molecule has 1 aromatic heterocycles. The summed E-state index contributed by atoms with van der Waals surface area (Å²) in [5.41, 5.74) is 1.83. The average Bonchev–Trinajstić information content (AvgIpc) is 2.90. The Labute approximate surface area is 126 Å². The Morgan fingerprint density at radius 1 is 1.52 bits per heavy atom. The SMILES string of the molecule is COc1ccc(C#N)cc1NC(=O)NCc1nc(C)cs1. The van der Waals surface area contributed by atoms with Crippen LogP contribution in [0.5, 0.6) is 5.75 Å². The number of aryl methyl sites for hydroxylation is 1. The van der Waals surface area contributed by atoms with Crippen molar-refractivity contribution in [3.63, 3.8) is 0 Å². The zero-order valence-corrected chi connectivity index (χ0v) is 12.5. The number of amides is 2. The van der Waals surface area contributed by atoms with E-state index >= 15 is 0 Å². The molecular formula is C14H14N4O2S. The van der Waals surface area contributed by atoms with Crippen LogP contribution in [0.3, 0.4) is 0 Å². The van der Waals surface area contributed by atoms with Crippen LogP contribution in [-0.4, -0.2) is 18.1 Å². The molecule has 2 amide bonds. The van der Waals surface area contributed by atoms with Gasteiger partial charge in [0.15, 0.2) is 0 Å². The first kappa shape index (κ1) is 14.8. The minimum atomic E-state index is -0.378. The number of aromatic nitrogens is 1. The van der Waals surface area contributed by atoms with Crippen LogP contribution in [0.25, 0.3) is 0 Å². The van der Waals surface area contributed by atoms with Crippen molar-refractivity contribution in [2.75, 3.05) is 12.4 Å². The summed E-state index contributed by atoms with van der Waals surface area (Å²) in [4.78, 5) is 16.1. The van der Waals surface area contributed by atoms with Crippen molar-refractivity contribution < 1.29 is 9.53 Å². The van der Waals surface area contributed by atoms with Crippen molar-refractivity contribution in [2.24, 2.45) is 0 Å². The summed E-state index contributed by atoms with van der Waals surface area (Å²) >= 11 is 1.49. The molecule has 0 saturated carbocycles. The van der Waals surface area contributed by atoms with E-state index < -0.39 is 0 Å². The van der Waals surface area contributed by atoms with Crippen molar-refractivity contribution >= 4 is 23.1 Å². The normalized spacial score (nSPS) is 9.76. The summed E-state index contributed by atoms with van der Waals surface area (Å²) in [5, 5.41) is 17.0. The molecule has 0 radical (unpaired) electrons. The Morgan fingerprint density at radius 2 is 2.33 bits per heavy atom. The molecule has 0 unspecified atom stereocenters. The maximum absolute atomic E-state index is 11.9. The lowest BCUT2D eigenvalue weighted by Gasteiger charge is -2.10. The van der Waals surface area contributed by atoms with Crippen LogP contribution in [0.2, 0.25) is 0 Å². The number of thiazole rings is 1. The van der Waals surface area contributed by atoms with Crippen molar-refractivity contribution in [3.8, 4) is 11.8 Å². The first-order valence-corrected chi connectivity index (χ1v) is 7.04. The minimum Gasteiger partial charge on any atom is -0.495 e. The number of urea groups is 1. The zero-order valence-electron chi connectivity index (χ0n) is 11.6. The number of hydrogen-bond donors (Lipinski definition) is 2. The molecule has 108 valence electrons. The van der Waals surface area contributed by atoms with Crippen LogP contribution in [0.4, 0.5) is 10.5 Å². The van der Waals surface area contributed by atoms with Gasteiger partial charge >= 0.3 is 6.03 Å². The van der Waals surface area contributed by atoms with Crippen LogP contribution in [0.15, 0.2) is 23.6 Å². The zero-order chi connectivity index (χ0) is 15.2. The van der Waals surface area contributed by atoms with E-state index in [0.29, 0.717) is 23.5 Å². The number of nitrogens with zero attached hydrogens (tertiary/aromatic N) is 2. The van der Waals surface area contributed by atoms with Gasteiger partial charge in [-0.15, -0.1) is 11.3 Å². The van der Waals surface area contributed by atoms with Gasteiger partial charge in [-0.1, -0.05) is 0 Å². The third-order valence-corrected chi connectivity index (χ3v) is 3.61. The Balaban J connectivity index is 2.00. The Kier molecular flexibility index (Phi) is 4.74. The summed E-state index contributed by atoms with van der Waals surface area (Å²) in [6, 6.07) is 6.46. The fraction of sp³-hybridized carbons (Fsp3) is 0.214. The number of carbonyl (C=O) groups excluding carboxylic acids is 1. The van der Waals surface area contributed by atoms with Crippen LogP contribution < -0.4 is 15.4 Å². The summed E-state index contributed by atoms with van der Waals surface area (Å²) in [5.74, 6) is 0.495. The van der Waals surface area contributed by atoms with Crippen LogP contribution in [0.1, 0.15) is 16.3 Å². The topological polar surface area (TPSA) is 87.0 Å². The fourth-order valence-electron chi connectivity index (χ4n) is 1.68. The summed E-state index contributed by atoms with van der Waals surface area (Å²) in [6.07, 6.45) is 0. The number of carbonyl (C=O) groups is 1. The van der Waals surface area contributed by atoms with E-state index in [1.165, 1.54) is 18.4 Å². The van der Waals surface area contributed by atoms with E-state index in [2.05, 4.69) is 15.6 Å². The van der Waals surface area contributed by atoms with Gasteiger partial charge in [-0.25, -0.2) is 9.78 Å². The summed E-state index contributed by atoms with van der Waals surface area (Å²) in [7, 11) is 1.50. The van der Waals surface area contributed by atoms with Crippen molar-refractivity contribution in [2.45, 2.75) is 13.5 Å². The quantitative estimate of drug-likeness (QED) is 0.909. The first-order valence-electron chi connectivity index (χ1n) is 6.16. The molecule has 0 aliphatic carbocycles. The maximum Gasteiger partial charge on any atom is 0.319 e. The van der Waals surface area contributed by atoms with Gasteiger partial charge in [0.2, 0.25) is 0 Å². The van der Waals surface area contributed by atoms with Crippen molar-refractivity contribution in [1.29, 1.82) is 5.26 Å². The molecule has 21 heavy (non-hydrogen) atoms. The highest BCUT2D eigenvalue weighted by atomic mass is 32.1. The number of rotatable bonds is 4. The lowest BCUT2D eigenvalue weighted by atomic mass is 10.2. The molecule has 1 aromatic carbocycles. The van der Waals surface area contributed by atoms with E-state index in [1.54, 1.807) is 18.2 Å². The second-order valence-electron chi connectivity index (χ2n) is 4.22. The van der Waals surface area contributed by atoms with Gasteiger partial charge in [0, 0.05) is 11.1 Å². The standard InChI is InChI=1S/C14H14N4O2S/c1-9-8-21-13(17-9)7-16-14(19)18-11-5-10(6-15)3-4-12(11)20-2/h3-5,8H,7H2,1-2H3,(H2,16,18,19). The van der Waals surface area contributed by atoms with E-state index in [9.17, 15) is 4.79 Å². The number of ether oxygens (including phenoxy) is 1. The Bertz CT molecular complexity index is 691. The molecule has 0 saturated heterocycles. The minimum absolute atomic E-state index is 0.352. The number of hydrogen-bond acceptors (Lipinski definition) is 5. The number of nitriles is 1.